The van der Waals surface area contributed by atoms with Gasteiger partial charge in [-0.05, 0) is 43.7 Å². The van der Waals surface area contributed by atoms with Crippen molar-refractivity contribution in [2.45, 2.75) is 32.9 Å². The molecule has 35 heavy (non-hydrogen) atoms. The summed E-state index contributed by atoms with van der Waals surface area (Å²) in [4.78, 5) is 16.0. The smallest absolute Gasteiger partial charge is 0.315 e. The molecule has 0 unspecified atom stereocenters. The molecular weight excluding hydrogens is 488 g/mol. The fraction of sp³-hybridized carbons (Fsp3) is 0.208. The number of ether oxygens (including phenoxy) is 1. The van der Waals surface area contributed by atoms with Crippen LogP contribution in [-0.4, -0.2) is 27.1 Å². The van der Waals surface area contributed by atoms with Crippen LogP contribution in [0.15, 0.2) is 48.8 Å². The first-order valence-corrected chi connectivity index (χ1v) is 10.8. The molecule has 0 saturated carbocycles. The quantitative estimate of drug-likeness (QED) is 0.327. The molecule has 0 aliphatic heterocycles. The number of hydrogen-bond acceptors (Lipinski definition) is 4. The van der Waals surface area contributed by atoms with Gasteiger partial charge < -0.3 is 10.1 Å². The minimum absolute atomic E-state index is 0.00947. The summed E-state index contributed by atoms with van der Waals surface area (Å²) in [5, 5.41) is 6.80. The third kappa shape index (κ3) is 5.22. The second-order valence-electron chi connectivity index (χ2n) is 7.81. The number of para-hydroxylation sites is 1. The van der Waals surface area contributed by atoms with E-state index in [0.717, 1.165) is 18.3 Å². The highest BCUT2D eigenvalue weighted by Gasteiger charge is 2.22. The normalized spacial score (nSPS) is 12.2. The van der Waals surface area contributed by atoms with Crippen molar-refractivity contribution in [2.75, 3.05) is 0 Å². The third-order valence-corrected chi connectivity index (χ3v) is 5.63. The summed E-state index contributed by atoms with van der Waals surface area (Å²) >= 11 is 6.25. The highest BCUT2D eigenvalue weighted by atomic mass is 35.5. The van der Waals surface area contributed by atoms with Gasteiger partial charge in [0, 0.05) is 16.6 Å². The molecule has 4 rings (SSSR count). The molecule has 6 nitrogen and oxygen atoms in total. The van der Waals surface area contributed by atoms with E-state index in [1.807, 2.05) is 0 Å². The van der Waals surface area contributed by atoms with Crippen LogP contribution in [0.3, 0.4) is 0 Å². The summed E-state index contributed by atoms with van der Waals surface area (Å²) in [6.45, 7) is 3.04. The first-order chi connectivity index (χ1) is 16.6. The van der Waals surface area contributed by atoms with Crippen molar-refractivity contribution < 1.29 is 27.1 Å². The molecule has 1 N–H and O–H groups in total. The van der Waals surface area contributed by atoms with Crippen LogP contribution in [0.1, 0.15) is 29.8 Å². The topological polar surface area (TPSA) is 69.0 Å². The zero-order chi connectivity index (χ0) is 25.3. The lowest BCUT2D eigenvalue weighted by Crippen LogP contribution is -2.32. The minimum atomic E-state index is -3.22. The minimum Gasteiger partial charge on any atom is -0.487 e. The van der Waals surface area contributed by atoms with E-state index >= 15 is 0 Å². The van der Waals surface area contributed by atoms with Crippen molar-refractivity contribution in [1.82, 2.24) is 20.1 Å². The fourth-order valence-electron chi connectivity index (χ4n) is 3.73. The first kappa shape index (κ1) is 24.5. The van der Waals surface area contributed by atoms with Gasteiger partial charge >= 0.3 is 6.43 Å². The maximum Gasteiger partial charge on any atom is 0.315 e. The van der Waals surface area contributed by atoms with Crippen molar-refractivity contribution in [3.05, 3.63) is 82.3 Å². The van der Waals surface area contributed by atoms with Crippen molar-refractivity contribution in [1.29, 1.82) is 0 Å². The molecule has 0 radical (unpaired) electrons. The van der Waals surface area contributed by atoms with Crippen molar-refractivity contribution >= 4 is 28.4 Å². The number of carbonyl (C=O) groups excluding carboxylic acids is 1. The van der Waals surface area contributed by atoms with Gasteiger partial charge in [-0.2, -0.15) is 13.9 Å². The molecule has 0 spiro atoms. The van der Waals surface area contributed by atoms with Crippen LogP contribution in [0.25, 0.3) is 16.6 Å². The summed E-state index contributed by atoms with van der Waals surface area (Å²) in [5.74, 6) is -2.31. The Labute approximate surface area is 202 Å². The van der Waals surface area contributed by atoms with Crippen LogP contribution in [-0.2, 0) is 11.4 Å². The van der Waals surface area contributed by atoms with E-state index in [1.54, 1.807) is 31.2 Å². The van der Waals surface area contributed by atoms with Gasteiger partial charge in [0.1, 0.15) is 23.7 Å². The Bertz CT molecular complexity index is 1410. The number of alkyl halides is 2. The van der Waals surface area contributed by atoms with Crippen LogP contribution < -0.4 is 10.1 Å². The molecule has 0 aliphatic carbocycles. The van der Waals surface area contributed by atoms with E-state index in [2.05, 4.69) is 15.4 Å². The number of fused-ring (bicyclic) bond motifs is 1. The maximum absolute atomic E-state index is 14.1. The van der Waals surface area contributed by atoms with Gasteiger partial charge in [-0.25, -0.2) is 18.4 Å². The molecule has 11 heteroatoms. The predicted octanol–water partition coefficient (Wildman–Crippen LogP) is 5.68. The van der Waals surface area contributed by atoms with Crippen LogP contribution in [0.4, 0.5) is 17.6 Å². The van der Waals surface area contributed by atoms with E-state index < -0.39 is 30.0 Å². The molecule has 0 fully saturated rings. The number of aryl methyl sites for hydroxylation is 1. The SMILES string of the molecule is Cc1cc(-n2cc(F)cn2)c2cccc(OCc3c(Cl)cc(F)cc3[C@H](C)NC(=O)C(F)F)c2n1. The highest BCUT2D eigenvalue weighted by Crippen LogP contribution is 2.32. The number of benzene rings is 2. The number of nitrogens with one attached hydrogen (secondary N) is 1. The monoisotopic (exact) mass is 506 g/mol. The summed E-state index contributed by atoms with van der Waals surface area (Å²) in [6.07, 6.45) is -0.890. The summed E-state index contributed by atoms with van der Waals surface area (Å²) in [5.41, 5.74) is 2.20. The number of halogens is 5. The number of pyridine rings is 1. The van der Waals surface area contributed by atoms with Gasteiger partial charge in [0.05, 0.1) is 29.1 Å². The average Bonchev–Trinajstić information content (AvgIpc) is 3.23. The molecular formula is C24H19ClF4N4O2. The summed E-state index contributed by atoms with van der Waals surface area (Å²) < 4.78 is 60.4. The lowest BCUT2D eigenvalue weighted by Gasteiger charge is -2.20. The Balaban J connectivity index is 1.70. The largest absolute Gasteiger partial charge is 0.487 e. The standard InChI is InChI=1S/C24H19ClF4N4O2/c1-12-6-20(33-10-15(27)9-30-33)16-4-3-5-21(22(16)31-12)35-11-18-17(7-14(26)8-19(18)25)13(2)32-24(34)23(28)29/h3-10,13,23H,11H2,1-2H3,(H,32,34)/t13-/m0/s1. The Morgan fingerprint density at radius 1 is 1.20 bits per heavy atom. The molecule has 182 valence electrons. The molecule has 2 aromatic carbocycles. The summed E-state index contributed by atoms with van der Waals surface area (Å²) in [6, 6.07) is 8.14. The first-order valence-electron chi connectivity index (χ1n) is 10.4. The molecule has 1 amide bonds. The third-order valence-electron chi connectivity index (χ3n) is 5.30. The molecule has 2 aromatic heterocycles. The number of nitrogens with zero attached hydrogens (tertiary/aromatic N) is 3. The predicted molar refractivity (Wildman–Crippen MR) is 122 cm³/mol. The molecule has 0 aliphatic rings. The van der Waals surface area contributed by atoms with Gasteiger partial charge in [-0.1, -0.05) is 23.7 Å². The van der Waals surface area contributed by atoms with E-state index in [1.165, 1.54) is 17.8 Å². The lowest BCUT2D eigenvalue weighted by molar-refractivity contribution is -0.132. The zero-order valence-electron chi connectivity index (χ0n) is 18.5. The van der Waals surface area contributed by atoms with Crippen LogP contribution in [0, 0.1) is 18.6 Å². The summed E-state index contributed by atoms with van der Waals surface area (Å²) in [7, 11) is 0. The fourth-order valence-corrected chi connectivity index (χ4v) is 4.00. The molecule has 2 heterocycles. The Kier molecular flexibility index (Phi) is 6.93. The molecule has 0 bridgehead atoms. The van der Waals surface area contributed by atoms with Crippen LogP contribution in [0.2, 0.25) is 5.02 Å². The second-order valence-corrected chi connectivity index (χ2v) is 8.22. The van der Waals surface area contributed by atoms with Crippen LogP contribution >= 0.6 is 11.6 Å². The van der Waals surface area contributed by atoms with Gasteiger partial charge in [0.25, 0.3) is 5.91 Å². The van der Waals surface area contributed by atoms with Crippen molar-refractivity contribution in [3.8, 4) is 11.4 Å². The van der Waals surface area contributed by atoms with Gasteiger partial charge in [-0.3, -0.25) is 4.79 Å². The molecule has 1 atom stereocenters. The maximum atomic E-state index is 14.1. The average molecular weight is 507 g/mol. The van der Waals surface area contributed by atoms with E-state index in [9.17, 15) is 22.4 Å². The Hall–Kier alpha value is -3.66. The van der Waals surface area contributed by atoms with E-state index in [-0.39, 0.29) is 17.2 Å². The Morgan fingerprint density at radius 3 is 2.66 bits per heavy atom. The van der Waals surface area contributed by atoms with Gasteiger partial charge in [0.15, 0.2) is 5.82 Å². The van der Waals surface area contributed by atoms with E-state index in [0.29, 0.717) is 33.6 Å². The molecule has 4 aromatic rings. The van der Waals surface area contributed by atoms with Crippen molar-refractivity contribution in [3.63, 3.8) is 0 Å². The number of aromatic nitrogens is 3. The van der Waals surface area contributed by atoms with E-state index in [4.69, 9.17) is 16.3 Å². The number of hydrogen-bond donors (Lipinski definition) is 1. The number of rotatable bonds is 7. The van der Waals surface area contributed by atoms with Crippen LogP contribution in [0.5, 0.6) is 5.75 Å². The lowest BCUT2D eigenvalue weighted by atomic mass is 10.0. The number of amides is 1. The second kappa shape index (κ2) is 9.91. The Morgan fingerprint density at radius 2 is 1.97 bits per heavy atom. The zero-order valence-corrected chi connectivity index (χ0v) is 19.3. The van der Waals surface area contributed by atoms with Gasteiger partial charge in [-0.15, -0.1) is 0 Å². The highest BCUT2D eigenvalue weighted by molar-refractivity contribution is 6.31. The van der Waals surface area contributed by atoms with Gasteiger partial charge in [0.2, 0.25) is 0 Å². The van der Waals surface area contributed by atoms with Crippen molar-refractivity contribution in [2.24, 2.45) is 0 Å². The number of carbonyl (C=O) groups is 1. The molecule has 0 saturated heterocycles.